The predicted octanol–water partition coefficient (Wildman–Crippen LogP) is 5.57. The van der Waals surface area contributed by atoms with E-state index < -0.39 is 0 Å². The number of rotatable bonds is 2. The molecule has 112 valence electrons. The lowest BCUT2D eigenvalue weighted by Gasteiger charge is -2.07. The Morgan fingerprint density at radius 1 is 1.04 bits per heavy atom. The van der Waals surface area contributed by atoms with Crippen LogP contribution < -0.4 is 0 Å². The van der Waals surface area contributed by atoms with Gasteiger partial charge in [-0.25, -0.2) is 9.37 Å². The van der Waals surface area contributed by atoms with E-state index >= 15 is 0 Å². The minimum atomic E-state index is -0.273. The number of pyridine rings is 1. The second kappa shape index (κ2) is 5.21. The first-order valence-corrected chi connectivity index (χ1v) is 7.53. The van der Waals surface area contributed by atoms with Crippen molar-refractivity contribution in [1.82, 2.24) is 9.97 Å². The summed E-state index contributed by atoms with van der Waals surface area (Å²) in [5, 5.41) is 2.44. The Morgan fingerprint density at radius 2 is 1.87 bits per heavy atom. The molecule has 2 aromatic carbocycles. The van der Waals surface area contributed by atoms with E-state index in [2.05, 4.69) is 16.5 Å². The number of hydrogen-bond acceptors (Lipinski definition) is 1. The molecule has 0 saturated carbocycles. The zero-order valence-electron chi connectivity index (χ0n) is 12.1. The standard InChI is InChI=1S/C19H12ClFN2/c1-11(13-4-2-3-5-16(13)21)12-6-8-17-15(10-12)14-7-9-18(20)23-19(14)22-17/h2-10H,1H2,(H,22,23). The largest absolute Gasteiger partial charge is 0.339 e. The van der Waals surface area contributed by atoms with Crippen molar-refractivity contribution in [1.29, 1.82) is 0 Å². The molecule has 0 fully saturated rings. The quantitative estimate of drug-likeness (QED) is 0.480. The van der Waals surface area contributed by atoms with Crippen LogP contribution in [0.1, 0.15) is 11.1 Å². The summed E-state index contributed by atoms with van der Waals surface area (Å²) in [6.07, 6.45) is 0. The Labute approximate surface area is 137 Å². The third-order valence-corrected chi connectivity index (χ3v) is 4.18. The van der Waals surface area contributed by atoms with Gasteiger partial charge in [0.1, 0.15) is 16.6 Å². The summed E-state index contributed by atoms with van der Waals surface area (Å²) in [5.74, 6) is -0.273. The summed E-state index contributed by atoms with van der Waals surface area (Å²) in [6, 6.07) is 16.2. The SMILES string of the molecule is C=C(c1ccc2[nH]c3nc(Cl)ccc3c2c1)c1ccccc1F. The zero-order valence-corrected chi connectivity index (χ0v) is 12.9. The molecule has 2 nitrogen and oxygen atoms in total. The van der Waals surface area contributed by atoms with Gasteiger partial charge in [0.2, 0.25) is 0 Å². The van der Waals surface area contributed by atoms with Crippen molar-refractivity contribution in [2.75, 3.05) is 0 Å². The Morgan fingerprint density at radius 3 is 2.70 bits per heavy atom. The van der Waals surface area contributed by atoms with Gasteiger partial charge in [-0.3, -0.25) is 0 Å². The molecular weight excluding hydrogens is 311 g/mol. The van der Waals surface area contributed by atoms with Gasteiger partial charge >= 0.3 is 0 Å². The highest BCUT2D eigenvalue weighted by atomic mass is 35.5. The van der Waals surface area contributed by atoms with Gasteiger partial charge in [-0.1, -0.05) is 42.4 Å². The van der Waals surface area contributed by atoms with Crippen LogP contribution in [-0.2, 0) is 0 Å². The molecule has 0 unspecified atom stereocenters. The van der Waals surface area contributed by atoms with Crippen molar-refractivity contribution in [3.63, 3.8) is 0 Å². The number of aromatic nitrogens is 2. The van der Waals surface area contributed by atoms with Crippen molar-refractivity contribution < 1.29 is 4.39 Å². The highest BCUT2D eigenvalue weighted by Crippen LogP contribution is 2.30. The lowest BCUT2D eigenvalue weighted by molar-refractivity contribution is 0.624. The minimum absolute atomic E-state index is 0.273. The first kappa shape index (κ1) is 14.0. The number of hydrogen-bond donors (Lipinski definition) is 1. The molecule has 0 aliphatic rings. The van der Waals surface area contributed by atoms with Crippen LogP contribution in [0.2, 0.25) is 5.15 Å². The van der Waals surface area contributed by atoms with Crippen molar-refractivity contribution in [3.8, 4) is 0 Å². The Hall–Kier alpha value is -2.65. The maximum Gasteiger partial charge on any atom is 0.140 e. The molecule has 0 aliphatic carbocycles. The lowest BCUT2D eigenvalue weighted by Crippen LogP contribution is -1.90. The number of nitrogens with zero attached hydrogens (tertiary/aromatic N) is 1. The second-order valence-corrected chi connectivity index (χ2v) is 5.76. The first-order chi connectivity index (χ1) is 11.1. The number of H-pyrrole nitrogens is 1. The van der Waals surface area contributed by atoms with Gasteiger partial charge in [-0.2, -0.15) is 0 Å². The van der Waals surface area contributed by atoms with Crippen LogP contribution in [0, 0.1) is 5.82 Å². The summed E-state index contributed by atoms with van der Waals surface area (Å²) < 4.78 is 14.0. The van der Waals surface area contributed by atoms with Gasteiger partial charge in [0.05, 0.1) is 0 Å². The molecule has 1 N–H and O–H groups in total. The molecule has 23 heavy (non-hydrogen) atoms. The lowest BCUT2D eigenvalue weighted by atomic mass is 9.97. The van der Waals surface area contributed by atoms with Crippen LogP contribution in [-0.4, -0.2) is 9.97 Å². The van der Waals surface area contributed by atoms with Gasteiger partial charge in [0, 0.05) is 21.9 Å². The molecule has 0 aliphatic heterocycles. The molecule has 0 spiro atoms. The highest BCUT2D eigenvalue weighted by Gasteiger charge is 2.11. The molecule has 4 aromatic rings. The number of halogens is 2. The van der Waals surface area contributed by atoms with E-state index in [1.807, 2.05) is 24.3 Å². The van der Waals surface area contributed by atoms with Crippen molar-refractivity contribution in [3.05, 3.63) is 83.3 Å². The molecule has 0 atom stereocenters. The fourth-order valence-corrected chi connectivity index (χ4v) is 2.95. The average molecular weight is 323 g/mol. The van der Waals surface area contributed by atoms with Gasteiger partial charge in [0.25, 0.3) is 0 Å². The van der Waals surface area contributed by atoms with E-state index in [4.69, 9.17) is 11.6 Å². The fourth-order valence-electron chi connectivity index (χ4n) is 2.80. The van der Waals surface area contributed by atoms with Crippen LogP contribution in [0.15, 0.2) is 61.2 Å². The predicted molar refractivity (Wildman–Crippen MR) is 93.1 cm³/mol. The molecule has 4 heteroatoms. The van der Waals surface area contributed by atoms with Gasteiger partial charge in [-0.15, -0.1) is 0 Å². The summed E-state index contributed by atoms with van der Waals surface area (Å²) in [5.41, 5.74) is 3.73. The second-order valence-electron chi connectivity index (χ2n) is 5.37. The molecule has 4 rings (SSSR count). The number of aromatic amines is 1. The Balaban J connectivity index is 1.90. The van der Waals surface area contributed by atoms with E-state index in [0.29, 0.717) is 16.3 Å². The van der Waals surface area contributed by atoms with Gasteiger partial charge < -0.3 is 4.98 Å². The van der Waals surface area contributed by atoms with Gasteiger partial charge in [-0.05, 0) is 41.5 Å². The van der Waals surface area contributed by atoms with Crippen molar-refractivity contribution in [2.45, 2.75) is 0 Å². The number of benzene rings is 2. The first-order valence-electron chi connectivity index (χ1n) is 7.15. The highest BCUT2D eigenvalue weighted by molar-refractivity contribution is 6.30. The fraction of sp³-hybridized carbons (Fsp3) is 0. The van der Waals surface area contributed by atoms with Crippen molar-refractivity contribution in [2.24, 2.45) is 0 Å². The zero-order chi connectivity index (χ0) is 16.0. The third-order valence-electron chi connectivity index (χ3n) is 3.97. The molecule has 2 heterocycles. The smallest absolute Gasteiger partial charge is 0.140 e. The maximum atomic E-state index is 14.0. The van der Waals surface area contributed by atoms with E-state index in [1.165, 1.54) is 6.07 Å². The van der Waals surface area contributed by atoms with E-state index in [-0.39, 0.29) is 5.82 Å². The summed E-state index contributed by atoms with van der Waals surface area (Å²) in [4.78, 5) is 7.52. The summed E-state index contributed by atoms with van der Waals surface area (Å²) in [7, 11) is 0. The van der Waals surface area contributed by atoms with Crippen LogP contribution >= 0.6 is 11.6 Å². The average Bonchev–Trinajstić information content (AvgIpc) is 2.91. The monoisotopic (exact) mass is 322 g/mol. The van der Waals surface area contributed by atoms with E-state index in [0.717, 1.165) is 27.5 Å². The Kier molecular flexibility index (Phi) is 3.17. The van der Waals surface area contributed by atoms with E-state index in [1.54, 1.807) is 24.3 Å². The topological polar surface area (TPSA) is 28.7 Å². The van der Waals surface area contributed by atoms with Crippen LogP contribution in [0.4, 0.5) is 4.39 Å². The molecule has 0 radical (unpaired) electrons. The molecular formula is C19H12ClFN2. The number of fused-ring (bicyclic) bond motifs is 3. The Bertz CT molecular complexity index is 1070. The molecule has 0 amide bonds. The van der Waals surface area contributed by atoms with Crippen molar-refractivity contribution >= 4 is 39.1 Å². The number of nitrogens with one attached hydrogen (secondary N) is 1. The third kappa shape index (κ3) is 2.30. The van der Waals surface area contributed by atoms with Gasteiger partial charge in [0.15, 0.2) is 0 Å². The summed E-state index contributed by atoms with van der Waals surface area (Å²) in [6.45, 7) is 4.05. The van der Waals surface area contributed by atoms with Crippen LogP contribution in [0.25, 0.3) is 27.5 Å². The van der Waals surface area contributed by atoms with Crippen LogP contribution in [0.3, 0.4) is 0 Å². The molecule has 0 bridgehead atoms. The normalized spacial score (nSPS) is 11.2. The molecule has 0 saturated heterocycles. The minimum Gasteiger partial charge on any atom is -0.339 e. The maximum absolute atomic E-state index is 14.0. The van der Waals surface area contributed by atoms with E-state index in [9.17, 15) is 4.39 Å². The molecule has 2 aromatic heterocycles. The summed E-state index contributed by atoms with van der Waals surface area (Å²) >= 11 is 5.94. The van der Waals surface area contributed by atoms with Crippen LogP contribution in [0.5, 0.6) is 0 Å².